The van der Waals surface area contributed by atoms with Crippen molar-refractivity contribution in [2.24, 2.45) is 5.73 Å². The first-order chi connectivity index (χ1) is 10.2. The highest BCUT2D eigenvalue weighted by Gasteiger charge is 2.25. The van der Waals surface area contributed by atoms with Crippen LogP contribution in [0.4, 0.5) is 0 Å². The summed E-state index contributed by atoms with van der Waals surface area (Å²) in [5.41, 5.74) is 7.16. The third-order valence-electron chi connectivity index (χ3n) is 4.07. The van der Waals surface area contributed by atoms with E-state index in [0.717, 1.165) is 48.7 Å². The van der Waals surface area contributed by atoms with Gasteiger partial charge in [0.05, 0.1) is 7.11 Å². The van der Waals surface area contributed by atoms with E-state index in [1.54, 1.807) is 7.11 Å². The van der Waals surface area contributed by atoms with Crippen LogP contribution in [-0.2, 0) is 6.42 Å². The summed E-state index contributed by atoms with van der Waals surface area (Å²) in [5, 5.41) is 4.10. The molecule has 112 valence electrons. The average molecular weight is 287 g/mol. The molecule has 1 fully saturated rings. The minimum absolute atomic E-state index is 0.265. The van der Waals surface area contributed by atoms with Gasteiger partial charge >= 0.3 is 0 Å². The van der Waals surface area contributed by atoms with Gasteiger partial charge in [0, 0.05) is 18.4 Å². The molecule has 2 aromatic rings. The first-order valence-corrected chi connectivity index (χ1v) is 7.45. The summed E-state index contributed by atoms with van der Waals surface area (Å²) >= 11 is 0. The van der Waals surface area contributed by atoms with Crippen LogP contribution < -0.4 is 10.5 Å². The molecular weight excluding hydrogens is 266 g/mol. The highest BCUT2D eigenvalue weighted by molar-refractivity contribution is 5.28. The minimum atomic E-state index is 0.265. The number of nitrogens with zero attached hydrogens (tertiary/aromatic N) is 2. The molecule has 1 aromatic carbocycles. The van der Waals surface area contributed by atoms with Gasteiger partial charge in [-0.05, 0) is 37.0 Å². The van der Waals surface area contributed by atoms with Crippen molar-refractivity contribution in [3.8, 4) is 5.75 Å². The molecule has 2 N–H and O–H groups in total. The highest BCUT2D eigenvalue weighted by Crippen LogP contribution is 2.31. The fourth-order valence-corrected chi connectivity index (χ4v) is 2.88. The largest absolute Gasteiger partial charge is 0.497 e. The van der Waals surface area contributed by atoms with Crippen molar-refractivity contribution in [2.45, 2.75) is 44.1 Å². The lowest BCUT2D eigenvalue weighted by Gasteiger charge is -2.23. The van der Waals surface area contributed by atoms with Crippen molar-refractivity contribution in [3.63, 3.8) is 0 Å². The lowest BCUT2D eigenvalue weighted by molar-refractivity contribution is 0.297. The predicted molar refractivity (Wildman–Crippen MR) is 79.3 cm³/mol. The van der Waals surface area contributed by atoms with E-state index < -0.39 is 0 Å². The van der Waals surface area contributed by atoms with E-state index in [4.69, 9.17) is 15.0 Å². The van der Waals surface area contributed by atoms with Crippen LogP contribution in [0.15, 0.2) is 28.8 Å². The van der Waals surface area contributed by atoms with Crippen molar-refractivity contribution < 1.29 is 9.26 Å². The number of aromatic nitrogens is 2. The van der Waals surface area contributed by atoms with Gasteiger partial charge in [0.1, 0.15) is 5.75 Å². The molecule has 21 heavy (non-hydrogen) atoms. The van der Waals surface area contributed by atoms with E-state index in [9.17, 15) is 0 Å². The molecule has 1 aromatic heterocycles. The van der Waals surface area contributed by atoms with Gasteiger partial charge in [-0.25, -0.2) is 0 Å². The van der Waals surface area contributed by atoms with Gasteiger partial charge in [-0.2, -0.15) is 4.98 Å². The quantitative estimate of drug-likeness (QED) is 0.935. The van der Waals surface area contributed by atoms with Gasteiger partial charge in [0.25, 0.3) is 0 Å². The van der Waals surface area contributed by atoms with Gasteiger partial charge < -0.3 is 15.0 Å². The van der Waals surface area contributed by atoms with E-state index in [0.29, 0.717) is 12.3 Å². The Bertz CT molecular complexity index is 579. The summed E-state index contributed by atoms with van der Waals surface area (Å²) in [6.45, 7) is 0. The second-order valence-electron chi connectivity index (χ2n) is 5.70. The summed E-state index contributed by atoms with van der Waals surface area (Å²) in [7, 11) is 1.66. The maximum Gasteiger partial charge on any atom is 0.229 e. The normalized spacial score (nSPS) is 22.2. The second-order valence-corrected chi connectivity index (χ2v) is 5.70. The second kappa shape index (κ2) is 6.26. The zero-order valence-corrected chi connectivity index (χ0v) is 12.3. The summed E-state index contributed by atoms with van der Waals surface area (Å²) < 4.78 is 10.6. The molecule has 2 atom stereocenters. The van der Waals surface area contributed by atoms with Crippen LogP contribution in [-0.4, -0.2) is 23.3 Å². The molecule has 0 amide bonds. The fraction of sp³-hybridized carbons (Fsp3) is 0.500. The van der Waals surface area contributed by atoms with Crippen molar-refractivity contribution in [1.29, 1.82) is 0 Å². The van der Waals surface area contributed by atoms with Gasteiger partial charge in [0.15, 0.2) is 5.82 Å². The molecule has 0 spiro atoms. The SMILES string of the molecule is COc1ccc(Cc2noc(C3CCCC(N)C3)n2)cc1. The molecule has 1 heterocycles. The summed E-state index contributed by atoms with van der Waals surface area (Å²) in [6.07, 6.45) is 4.96. The molecule has 0 radical (unpaired) electrons. The van der Waals surface area contributed by atoms with Crippen LogP contribution in [0.3, 0.4) is 0 Å². The summed E-state index contributed by atoms with van der Waals surface area (Å²) in [5.74, 6) is 2.65. The standard InChI is InChI=1S/C16H21N3O2/c1-20-14-7-5-11(6-8-14)9-15-18-16(21-19-15)12-3-2-4-13(17)10-12/h5-8,12-13H,2-4,9-10,17H2,1H3. The summed E-state index contributed by atoms with van der Waals surface area (Å²) in [6, 6.07) is 8.18. The Morgan fingerprint density at radius 2 is 2.10 bits per heavy atom. The Kier molecular flexibility index (Phi) is 4.20. The van der Waals surface area contributed by atoms with Crippen LogP contribution in [0, 0.1) is 0 Å². The number of rotatable bonds is 4. The van der Waals surface area contributed by atoms with E-state index in [2.05, 4.69) is 10.1 Å². The first-order valence-electron chi connectivity index (χ1n) is 7.45. The smallest absolute Gasteiger partial charge is 0.229 e. The van der Waals surface area contributed by atoms with Crippen molar-refractivity contribution in [2.75, 3.05) is 7.11 Å². The van der Waals surface area contributed by atoms with Crippen LogP contribution in [0.1, 0.15) is 48.9 Å². The monoisotopic (exact) mass is 287 g/mol. The molecule has 1 saturated carbocycles. The summed E-state index contributed by atoms with van der Waals surface area (Å²) in [4.78, 5) is 4.54. The highest BCUT2D eigenvalue weighted by atomic mass is 16.5. The first kappa shape index (κ1) is 14.1. The van der Waals surface area contributed by atoms with Crippen LogP contribution in [0.2, 0.25) is 0 Å². The number of methoxy groups -OCH3 is 1. The fourth-order valence-electron chi connectivity index (χ4n) is 2.88. The van der Waals surface area contributed by atoms with Gasteiger partial charge in [0.2, 0.25) is 5.89 Å². The molecule has 3 rings (SSSR count). The molecule has 0 bridgehead atoms. The van der Waals surface area contributed by atoms with Gasteiger partial charge in [-0.15, -0.1) is 0 Å². The Morgan fingerprint density at radius 3 is 2.81 bits per heavy atom. The zero-order valence-electron chi connectivity index (χ0n) is 12.3. The molecule has 0 aliphatic heterocycles. The molecular formula is C16H21N3O2. The average Bonchev–Trinajstić information content (AvgIpc) is 2.97. The number of benzene rings is 1. The van der Waals surface area contributed by atoms with Crippen LogP contribution >= 0.6 is 0 Å². The van der Waals surface area contributed by atoms with E-state index >= 15 is 0 Å². The number of nitrogens with two attached hydrogens (primary N) is 1. The Hall–Kier alpha value is -1.88. The molecule has 1 aliphatic carbocycles. The third kappa shape index (κ3) is 3.42. The predicted octanol–water partition coefficient (Wildman–Crippen LogP) is 2.65. The number of hydrogen-bond acceptors (Lipinski definition) is 5. The number of hydrogen-bond donors (Lipinski definition) is 1. The van der Waals surface area contributed by atoms with Gasteiger partial charge in [-0.3, -0.25) is 0 Å². The van der Waals surface area contributed by atoms with Gasteiger partial charge in [-0.1, -0.05) is 23.7 Å². The van der Waals surface area contributed by atoms with Crippen LogP contribution in [0.5, 0.6) is 5.75 Å². The van der Waals surface area contributed by atoms with Crippen molar-refractivity contribution in [3.05, 3.63) is 41.5 Å². The van der Waals surface area contributed by atoms with E-state index in [1.807, 2.05) is 24.3 Å². The molecule has 0 saturated heterocycles. The maximum absolute atomic E-state index is 6.02. The molecule has 2 unspecified atom stereocenters. The lowest BCUT2D eigenvalue weighted by atomic mass is 9.86. The Balaban J connectivity index is 1.66. The zero-order chi connectivity index (χ0) is 14.7. The van der Waals surface area contributed by atoms with E-state index in [1.165, 1.54) is 0 Å². The van der Waals surface area contributed by atoms with Crippen molar-refractivity contribution in [1.82, 2.24) is 10.1 Å². The Morgan fingerprint density at radius 1 is 1.29 bits per heavy atom. The molecule has 5 nitrogen and oxygen atoms in total. The molecule has 1 aliphatic rings. The van der Waals surface area contributed by atoms with E-state index in [-0.39, 0.29) is 6.04 Å². The van der Waals surface area contributed by atoms with Crippen LogP contribution in [0.25, 0.3) is 0 Å². The lowest BCUT2D eigenvalue weighted by Crippen LogP contribution is -2.26. The maximum atomic E-state index is 6.02. The third-order valence-corrected chi connectivity index (χ3v) is 4.07. The Labute approximate surface area is 124 Å². The molecule has 5 heteroatoms. The van der Waals surface area contributed by atoms with Crippen molar-refractivity contribution >= 4 is 0 Å². The minimum Gasteiger partial charge on any atom is -0.497 e. The topological polar surface area (TPSA) is 74.2 Å². The number of ether oxygens (including phenoxy) is 1.